The number of nitrogen functional groups attached to an aromatic ring is 1. The van der Waals surface area contributed by atoms with Gasteiger partial charge in [-0.3, -0.25) is 43.3 Å². The number of hydrogen-bond acceptors (Lipinski definition) is 18. The maximum Gasteiger partial charge on any atom is 0.226 e. The van der Waals surface area contributed by atoms with E-state index in [1.807, 2.05) is 37.3 Å². The summed E-state index contributed by atoms with van der Waals surface area (Å²) in [5, 5.41) is 0.388. The Bertz CT molecular complexity index is 5620. The van der Waals surface area contributed by atoms with E-state index in [-0.39, 0.29) is 108 Å². The second-order valence-electron chi connectivity index (χ2n) is 29.7. The molecule has 4 heterocycles. The molecule has 0 aliphatic rings. The number of ether oxygens (including phenoxy) is 5. The molecule has 8 aromatic carbocycles. The lowest BCUT2D eigenvalue weighted by atomic mass is 9.98. The third kappa shape index (κ3) is 25.5. The van der Waals surface area contributed by atoms with Gasteiger partial charge in [0.2, 0.25) is 29.5 Å². The number of pyridine rings is 4. The zero-order chi connectivity index (χ0) is 93.7. The number of rotatable bonds is 33. The van der Waals surface area contributed by atoms with Gasteiger partial charge in [0.25, 0.3) is 0 Å². The monoisotopic (exact) mass is 1770 g/mol. The quantitative estimate of drug-likeness (QED) is 0.0227. The van der Waals surface area contributed by atoms with Crippen molar-refractivity contribution in [2.45, 2.75) is 112 Å². The van der Waals surface area contributed by atoms with E-state index in [2.05, 4.69) is 19.9 Å². The Labute approximate surface area is 754 Å². The molecule has 0 unspecified atom stereocenters. The van der Waals surface area contributed by atoms with Gasteiger partial charge in [0.05, 0.1) is 80.6 Å². The Hall–Kier alpha value is -14.3. The number of nitrogens with zero attached hydrogens (tertiary/aromatic N) is 8. The maximum atomic E-state index is 14.7. The van der Waals surface area contributed by atoms with E-state index < -0.39 is 23.3 Å². The van der Waals surface area contributed by atoms with Crippen LogP contribution in [0.5, 0.6) is 28.9 Å². The minimum Gasteiger partial charge on any atom is -0.496 e. The first-order chi connectivity index (χ1) is 61.9. The number of Topliss-reactive ketones (excluding diaryl/α,β-unsaturated/α-hetero) is 4. The molecule has 4 amide bonds. The molecule has 0 spiro atoms. The molecule has 670 valence electrons. The summed E-state index contributed by atoms with van der Waals surface area (Å²) in [7, 11) is 13.7. The fraction of sp³-hybridized carbons (Fsp3) is 0.255. The van der Waals surface area contributed by atoms with E-state index in [0.717, 1.165) is 33.5 Å². The van der Waals surface area contributed by atoms with Gasteiger partial charge in [-0.05, 0) is 215 Å². The number of anilines is 5. The molecule has 129 heavy (non-hydrogen) atoms. The van der Waals surface area contributed by atoms with Crippen molar-refractivity contribution in [3.8, 4) is 73.4 Å². The molecule has 12 rings (SSSR count). The number of carbonyl (C=O) groups excluding carboxylic acids is 8. The summed E-state index contributed by atoms with van der Waals surface area (Å²) < 4.78 is 85.8. The number of methoxy groups -OCH3 is 5. The van der Waals surface area contributed by atoms with E-state index in [1.54, 1.807) is 227 Å². The molecule has 0 fully saturated rings. The zero-order valence-corrected chi connectivity index (χ0v) is 75.4. The number of hydrogen-bond donors (Lipinski definition) is 1. The second kappa shape index (κ2) is 47.3. The molecule has 0 aliphatic carbocycles. The molecular weight excluding hydrogens is 1670 g/mol. The first kappa shape index (κ1) is 98.5. The molecule has 0 bridgehead atoms. The van der Waals surface area contributed by atoms with Crippen molar-refractivity contribution in [1.29, 1.82) is 0 Å². The van der Waals surface area contributed by atoms with Gasteiger partial charge in [-0.2, -0.15) is 0 Å². The summed E-state index contributed by atoms with van der Waals surface area (Å²) >= 11 is 6.07. The highest BCUT2D eigenvalue weighted by atomic mass is 35.5. The standard InChI is InChI=1S/C26H27FN2O4.C26H27FN2O3.C25H24ClFN2O3.C25H26FN3O3/c1-5-25(31)29(2)22-12-9-18(15-21(22)27)19-8-11-20(24(16-19)32-3)23(30)13-10-17-7-6-14-28-26(17)33-4;1-5-26(31)29(3)23-12-9-19(15-22(23)27)20-8-11-21(25(16-20)32-4)24(30)13-10-18-7-6-14-28-17(18)2;1-4-24(31)29(2)21-11-8-17(14-20(21)27)18-7-10-19(23(15-18)32-3)22(30)12-9-16-6-5-13-28-25(16)26;1-4-24(31)29(2)21-11-8-17(14-20(21)26)18-7-10-19(23(15-18)32-3)22(30)12-9-16-6-5-13-28-25(16)27/h6-9,11-12,14-16H,5,10,13H2,1-4H3;6-9,11-12,14-16H,5,10,13H2,1-4H3;5-8,10-11,13-15H,4,9,12H2,1-3H3;5-8,10-11,13-15H,4,9,12H2,1-3H3,(H2,27,28). The SMILES string of the molecule is CCC(=O)N(C)c1ccc(-c2ccc(C(=O)CCc3cccnc3C)c(OC)c2)cc1F.CCC(=O)N(C)c1ccc(-c2ccc(C(=O)CCc3cccnc3Cl)c(OC)c2)cc1F.CCC(=O)N(C)c1ccc(-c2ccc(C(=O)CCc3cccnc3N)c(OC)c2)cc1F.CCC(=O)N(C)c1ccc(-c2ccc(C(=O)CCc3cccnc3OC)c(OC)c2)cc1F. The highest BCUT2D eigenvalue weighted by Gasteiger charge is 2.25. The van der Waals surface area contributed by atoms with Crippen LogP contribution in [-0.4, -0.2) is 130 Å². The van der Waals surface area contributed by atoms with Crippen LogP contribution in [0.4, 0.5) is 46.1 Å². The lowest BCUT2D eigenvalue weighted by Crippen LogP contribution is -2.25. The lowest BCUT2D eigenvalue weighted by Gasteiger charge is -2.18. The highest BCUT2D eigenvalue weighted by Crippen LogP contribution is 2.38. The largest absolute Gasteiger partial charge is 0.496 e. The van der Waals surface area contributed by atoms with Gasteiger partial charge in [-0.25, -0.2) is 32.5 Å². The van der Waals surface area contributed by atoms with E-state index in [4.69, 9.17) is 41.0 Å². The van der Waals surface area contributed by atoms with Crippen molar-refractivity contribution in [3.05, 3.63) is 298 Å². The number of aromatic nitrogens is 4. The number of nitrogens with two attached hydrogens (primary N) is 1. The predicted molar refractivity (Wildman–Crippen MR) is 497 cm³/mol. The van der Waals surface area contributed by atoms with E-state index in [9.17, 15) is 55.9 Å². The molecule has 27 heteroatoms. The molecule has 0 saturated carbocycles. The summed E-state index contributed by atoms with van der Waals surface area (Å²) in [6.45, 7) is 8.85. The van der Waals surface area contributed by atoms with Crippen LogP contribution in [0.3, 0.4) is 0 Å². The van der Waals surface area contributed by atoms with E-state index in [1.165, 1.54) is 72.3 Å². The third-order valence-corrected chi connectivity index (χ3v) is 22.0. The van der Waals surface area contributed by atoms with Crippen LogP contribution >= 0.6 is 11.6 Å². The van der Waals surface area contributed by atoms with Crippen LogP contribution in [0.1, 0.15) is 148 Å². The Morgan fingerprint density at radius 1 is 0.326 bits per heavy atom. The number of aryl methyl sites for hydroxylation is 5. The maximum absolute atomic E-state index is 14.7. The smallest absolute Gasteiger partial charge is 0.226 e. The first-order valence-corrected chi connectivity index (χ1v) is 42.1. The zero-order valence-electron chi connectivity index (χ0n) is 74.6. The number of amides is 4. The number of benzene rings is 8. The summed E-state index contributed by atoms with van der Waals surface area (Å²) in [4.78, 5) is 120. The molecule has 22 nitrogen and oxygen atoms in total. The fourth-order valence-electron chi connectivity index (χ4n) is 14.1. The Balaban J connectivity index is 0.000000194. The minimum atomic E-state index is -0.501. The third-order valence-electron chi connectivity index (χ3n) is 21.7. The van der Waals surface area contributed by atoms with Gasteiger partial charge >= 0.3 is 0 Å². The van der Waals surface area contributed by atoms with Crippen LogP contribution in [0, 0.1) is 30.2 Å². The fourth-order valence-corrected chi connectivity index (χ4v) is 14.3. The topological polar surface area (TPSA) is 273 Å². The van der Waals surface area contributed by atoms with Crippen molar-refractivity contribution in [1.82, 2.24) is 19.9 Å². The summed E-state index contributed by atoms with van der Waals surface area (Å²) in [5.74, 6) is -0.350. The van der Waals surface area contributed by atoms with Gasteiger partial charge < -0.3 is 49.0 Å². The van der Waals surface area contributed by atoms with Gasteiger partial charge in [0, 0.05) is 116 Å². The average molecular weight is 1780 g/mol. The van der Waals surface area contributed by atoms with Crippen LogP contribution < -0.4 is 49.0 Å². The number of carbonyl (C=O) groups is 8. The summed E-state index contributed by atoms with van der Waals surface area (Å²) in [6, 6.07) is 54.2. The lowest BCUT2D eigenvalue weighted by molar-refractivity contribution is -0.118. The molecule has 12 aromatic rings. The second-order valence-corrected chi connectivity index (χ2v) is 30.0. The summed E-state index contributed by atoms with van der Waals surface area (Å²) in [5.41, 5.74) is 18.3. The molecule has 0 aliphatic heterocycles. The van der Waals surface area contributed by atoms with Crippen molar-refractivity contribution < 1.29 is 79.6 Å². The van der Waals surface area contributed by atoms with Crippen LogP contribution in [-0.2, 0) is 44.9 Å². The van der Waals surface area contributed by atoms with Crippen molar-refractivity contribution in [3.63, 3.8) is 0 Å². The molecule has 0 saturated heterocycles. The van der Waals surface area contributed by atoms with Gasteiger partial charge in [0.15, 0.2) is 23.1 Å². The highest BCUT2D eigenvalue weighted by molar-refractivity contribution is 6.30. The Morgan fingerprint density at radius 2 is 0.581 bits per heavy atom. The van der Waals surface area contributed by atoms with Gasteiger partial charge in [0.1, 0.15) is 57.2 Å². The number of ketones is 4. The van der Waals surface area contributed by atoms with E-state index in [0.29, 0.717) is 140 Å². The van der Waals surface area contributed by atoms with Gasteiger partial charge in [-0.1, -0.05) is 112 Å². The number of halogens is 5. The van der Waals surface area contributed by atoms with Crippen LogP contribution in [0.2, 0.25) is 5.15 Å². The molecule has 0 radical (unpaired) electrons. The molecule has 4 aromatic heterocycles. The van der Waals surface area contributed by atoms with E-state index >= 15 is 0 Å². The van der Waals surface area contributed by atoms with Crippen molar-refractivity contribution in [2.75, 3.05) is 89.1 Å². The van der Waals surface area contributed by atoms with Gasteiger partial charge in [-0.15, -0.1) is 0 Å². The summed E-state index contributed by atoms with van der Waals surface area (Å²) in [6.07, 6.45) is 10.9. The van der Waals surface area contributed by atoms with Crippen molar-refractivity contribution >= 4 is 86.9 Å². The van der Waals surface area contributed by atoms with Crippen molar-refractivity contribution in [2.24, 2.45) is 0 Å². The molecule has 2 N–H and O–H groups in total. The normalized spacial score (nSPS) is 10.6. The molecule has 0 atom stereocenters. The Kier molecular flexibility index (Phi) is 36.2. The molecular formula is C102H104ClF4N9O13. The van der Waals surface area contributed by atoms with Crippen LogP contribution in [0.25, 0.3) is 44.5 Å². The first-order valence-electron chi connectivity index (χ1n) is 41.7. The Morgan fingerprint density at radius 3 is 0.868 bits per heavy atom. The van der Waals surface area contributed by atoms with Crippen LogP contribution in [0.15, 0.2) is 219 Å². The predicted octanol–water partition coefficient (Wildman–Crippen LogP) is 20.9. The minimum absolute atomic E-state index is 0.0297. The average Bonchev–Trinajstić information content (AvgIpc) is 0.814.